The van der Waals surface area contributed by atoms with Gasteiger partial charge in [-0.3, -0.25) is 4.79 Å². The Kier molecular flexibility index (Phi) is 3.75. The molecule has 1 saturated carbocycles. The van der Waals surface area contributed by atoms with Crippen molar-refractivity contribution >= 4 is 5.91 Å². The Morgan fingerprint density at radius 3 is 2.71 bits per heavy atom. The molecule has 0 unspecified atom stereocenters. The number of rotatable bonds is 5. The molecule has 5 nitrogen and oxygen atoms in total. The van der Waals surface area contributed by atoms with Gasteiger partial charge >= 0.3 is 0 Å². The lowest BCUT2D eigenvalue weighted by Crippen LogP contribution is -2.35. The Balaban J connectivity index is 1.89. The molecule has 5 heteroatoms. The van der Waals surface area contributed by atoms with Crippen LogP contribution in [0.25, 0.3) is 5.69 Å². The Morgan fingerprint density at radius 2 is 2.10 bits per heavy atom. The molecule has 1 aliphatic rings. The van der Waals surface area contributed by atoms with Gasteiger partial charge in [-0.2, -0.15) is 5.10 Å². The van der Waals surface area contributed by atoms with Crippen LogP contribution in [0.2, 0.25) is 0 Å². The Labute approximate surface area is 123 Å². The van der Waals surface area contributed by atoms with Crippen molar-refractivity contribution in [1.82, 2.24) is 14.7 Å². The minimum atomic E-state index is -0.0359. The average molecular weight is 285 g/mol. The summed E-state index contributed by atoms with van der Waals surface area (Å²) in [6.07, 6.45) is 3.67. The lowest BCUT2D eigenvalue weighted by molar-refractivity contribution is 0.0707. The van der Waals surface area contributed by atoms with Crippen molar-refractivity contribution in [3.05, 3.63) is 47.8 Å². The highest BCUT2D eigenvalue weighted by molar-refractivity contribution is 5.95. The number of carbonyl (C=O) groups is 1. The van der Waals surface area contributed by atoms with Crippen LogP contribution in [0.3, 0.4) is 0 Å². The van der Waals surface area contributed by atoms with E-state index in [9.17, 15) is 4.79 Å². The molecule has 0 radical (unpaired) electrons. The number of carbonyl (C=O) groups excluding carboxylic acids is 1. The van der Waals surface area contributed by atoms with E-state index in [0.29, 0.717) is 12.1 Å². The van der Waals surface area contributed by atoms with E-state index in [0.717, 1.165) is 24.2 Å². The van der Waals surface area contributed by atoms with E-state index in [1.54, 1.807) is 15.8 Å². The molecule has 1 aromatic heterocycles. The Bertz CT molecular complexity index is 632. The number of para-hydroxylation sites is 1. The molecule has 0 saturated heterocycles. The van der Waals surface area contributed by atoms with E-state index in [2.05, 4.69) is 5.10 Å². The number of amides is 1. The highest BCUT2D eigenvalue weighted by Gasteiger charge is 2.33. The standard InChI is InChI=1S/C16H19N3O2/c1-12-15(16(21)18(9-10-20)13-7-8-13)11-17-19(12)14-5-3-2-4-6-14/h2-6,11,13,20H,7-10H2,1H3. The van der Waals surface area contributed by atoms with E-state index in [1.807, 2.05) is 37.3 Å². The molecule has 1 aromatic carbocycles. The van der Waals surface area contributed by atoms with Crippen LogP contribution in [-0.2, 0) is 0 Å². The predicted octanol–water partition coefficient (Wildman–Crippen LogP) is 1.78. The number of hydrogen-bond donors (Lipinski definition) is 1. The predicted molar refractivity (Wildman–Crippen MR) is 79.4 cm³/mol. The summed E-state index contributed by atoms with van der Waals surface area (Å²) in [4.78, 5) is 14.4. The first-order chi connectivity index (χ1) is 10.2. The summed E-state index contributed by atoms with van der Waals surface area (Å²) in [6.45, 7) is 2.28. The van der Waals surface area contributed by atoms with Crippen LogP contribution in [0, 0.1) is 6.92 Å². The van der Waals surface area contributed by atoms with Crippen molar-refractivity contribution in [3.8, 4) is 5.69 Å². The first-order valence-electron chi connectivity index (χ1n) is 7.24. The summed E-state index contributed by atoms with van der Waals surface area (Å²) in [6, 6.07) is 10.0. The molecule has 0 spiro atoms. The summed E-state index contributed by atoms with van der Waals surface area (Å²) in [7, 11) is 0. The van der Waals surface area contributed by atoms with Gasteiger partial charge in [0, 0.05) is 12.6 Å². The van der Waals surface area contributed by atoms with Gasteiger partial charge in [0.25, 0.3) is 5.91 Å². The molecular weight excluding hydrogens is 266 g/mol. The van der Waals surface area contributed by atoms with Crippen LogP contribution >= 0.6 is 0 Å². The highest BCUT2D eigenvalue weighted by atomic mass is 16.3. The number of nitrogens with zero attached hydrogens (tertiary/aromatic N) is 3. The van der Waals surface area contributed by atoms with Gasteiger partial charge in [-0.1, -0.05) is 18.2 Å². The molecule has 1 fully saturated rings. The fourth-order valence-electron chi connectivity index (χ4n) is 2.55. The van der Waals surface area contributed by atoms with Gasteiger partial charge in [0.1, 0.15) is 0 Å². The van der Waals surface area contributed by atoms with E-state index in [4.69, 9.17) is 5.11 Å². The zero-order valence-electron chi connectivity index (χ0n) is 12.1. The maximum Gasteiger partial charge on any atom is 0.257 e. The number of benzene rings is 1. The monoisotopic (exact) mass is 285 g/mol. The van der Waals surface area contributed by atoms with Gasteiger partial charge in [0.2, 0.25) is 0 Å². The number of hydrogen-bond acceptors (Lipinski definition) is 3. The van der Waals surface area contributed by atoms with Crippen LogP contribution in [-0.4, -0.2) is 44.9 Å². The van der Waals surface area contributed by atoms with Crippen molar-refractivity contribution in [1.29, 1.82) is 0 Å². The quantitative estimate of drug-likeness (QED) is 0.911. The second kappa shape index (κ2) is 5.69. The lowest BCUT2D eigenvalue weighted by Gasteiger charge is -2.21. The van der Waals surface area contributed by atoms with Gasteiger partial charge in [-0.15, -0.1) is 0 Å². The molecule has 0 bridgehead atoms. The van der Waals surface area contributed by atoms with E-state index in [1.165, 1.54) is 0 Å². The molecule has 1 aliphatic carbocycles. The molecule has 0 atom stereocenters. The maximum atomic E-state index is 12.6. The van der Waals surface area contributed by atoms with Gasteiger partial charge in [0.15, 0.2) is 0 Å². The third kappa shape index (κ3) is 2.69. The molecule has 1 heterocycles. The zero-order valence-corrected chi connectivity index (χ0v) is 12.1. The van der Waals surface area contributed by atoms with E-state index < -0.39 is 0 Å². The Morgan fingerprint density at radius 1 is 1.38 bits per heavy atom. The molecule has 1 amide bonds. The number of aromatic nitrogens is 2. The summed E-state index contributed by atoms with van der Waals surface area (Å²) in [5.74, 6) is -0.0359. The Hall–Kier alpha value is -2.14. The van der Waals surface area contributed by atoms with Gasteiger partial charge < -0.3 is 10.0 Å². The maximum absolute atomic E-state index is 12.6. The van der Waals surface area contributed by atoms with Crippen molar-refractivity contribution in [2.24, 2.45) is 0 Å². The molecule has 2 aromatic rings. The van der Waals surface area contributed by atoms with E-state index in [-0.39, 0.29) is 18.6 Å². The second-order valence-corrected chi connectivity index (χ2v) is 5.34. The SMILES string of the molecule is Cc1c(C(=O)N(CCO)C2CC2)cnn1-c1ccccc1. The molecular formula is C16H19N3O2. The van der Waals surface area contributed by atoms with Crippen LogP contribution < -0.4 is 0 Å². The minimum Gasteiger partial charge on any atom is -0.395 e. The fourth-order valence-corrected chi connectivity index (χ4v) is 2.55. The van der Waals surface area contributed by atoms with Crippen molar-refractivity contribution < 1.29 is 9.90 Å². The van der Waals surface area contributed by atoms with Crippen molar-refractivity contribution in [2.45, 2.75) is 25.8 Å². The third-order valence-electron chi connectivity index (χ3n) is 3.83. The largest absolute Gasteiger partial charge is 0.395 e. The summed E-state index contributed by atoms with van der Waals surface area (Å²) >= 11 is 0. The molecule has 110 valence electrons. The lowest BCUT2D eigenvalue weighted by atomic mass is 10.2. The molecule has 1 N–H and O–H groups in total. The average Bonchev–Trinajstić information content (AvgIpc) is 3.27. The van der Waals surface area contributed by atoms with Gasteiger partial charge in [-0.25, -0.2) is 4.68 Å². The summed E-state index contributed by atoms with van der Waals surface area (Å²) < 4.78 is 1.78. The first kappa shape index (κ1) is 13.8. The first-order valence-corrected chi connectivity index (χ1v) is 7.24. The second-order valence-electron chi connectivity index (χ2n) is 5.34. The fraction of sp³-hybridized carbons (Fsp3) is 0.375. The summed E-state index contributed by atoms with van der Waals surface area (Å²) in [5, 5.41) is 13.5. The van der Waals surface area contributed by atoms with Crippen molar-refractivity contribution in [3.63, 3.8) is 0 Å². The zero-order chi connectivity index (χ0) is 14.8. The summed E-state index contributed by atoms with van der Waals surface area (Å²) in [5.41, 5.74) is 2.38. The van der Waals surface area contributed by atoms with Gasteiger partial charge in [-0.05, 0) is 31.9 Å². The van der Waals surface area contributed by atoms with Crippen molar-refractivity contribution in [2.75, 3.05) is 13.2 Å². The van der Waals surface area contributed by atoms with E-state index >= 15 is 0 Å². The smallest absolute Gasteiger partial charge is 0.257 e. The van der Waals surface area contributed by atoms with Crippen LogP contribution in [0.1, 0.15) is 28.9 Å². The van der Waals surface area contributed by atoms with Crippen LogP contribution in [0.5, 0.6) is 0 Å². The van der Waals surface area contributed by atoms with Crippen LogP contribution in [0.4, 0.5) is 0 Å². The number of aliphatic hydroxyl groups is 1. The third-order valence-corrected chi connectivity index (χ3v) is 3.83. The van der Waals surface area contributed by atoms with Gasteiger partial charge in [0.05, 0.1) is 29.7 Å². The highest BCUT2D eigenvalue weighted by Crippen LogP contribution is 2.28. The normalized spacial score (nSPS) is 14.2. The molecule has 0 aliphatic heterocycles. The topological polar surface area (TPSA) is 58.4 Å². The molecule has 21 heavy (non-hydrogen) atoms. The number of aliphatic hydroxyl groups excluding tert-OH is 1. The molecule has 3 rings (SSSR count). The minimum absolute atomic E-state index is 0.00584. The van der Waals surface area contributed by atoms with Crippen LogP contribution in [0.15, 0.2) is 36.5 Å².